The number of rotatable bonds is 6. The number of hydrogen-bond donors (Lipinski definition) is 1. The summed E-state index contributed by atoms with van der Waals surface area (Å²) in [5.74, 6) is -1.88. The lowest BCUT2D eigenvalue weighted by molar-refractivity contribution is -0.384. The van der Waals surface area contributed by atoms with Crippen LogP contribution in [-0.2, 0) is 10.2 Å². The van der Waals surface area contributed by atoms with Gasteiger partial charge in [-0.05, 0) is 53.1 Å². The van der Waals surface area contributed by atoms with Crippen molar-refractivity contribution in [2.45, 2.75) is 17.5 Å². The lowest BCUT2D eigenvalue weighted by atomic mass is 9.62. The van der Waals surface area contributed by atoms with Crippen LogP contribution in [0.25, 0.3) is 6.08 Å². The predicted octanol–water partition coefficient (Wildman–Crippen LogP) is 5.59. The van der Waals surface area contributed by atoms with Gasteiger partial charge < -0.3 is 15.0 Å². The van der Waals surface area contributed by atoms with Crippen LogP contribution in [-0.4, -0.2) is 40.4 Å². The molecule has 43 heavy (non-hydrogen) atoms. The number of nitro benzene ring substituents is 1. The minimum absolute atomic E-state index is 0.0847. The van der Waals surface area contributed by atoms with Gasteiger partial charge in [-0.3, -0.25) is 24.5 Å². The van der Waals surface area contributed by atoms with E-state index in [9.17, 15) is 24.5 Å². The number of carbonyl (C=O) groups excluding carboxylic acids is 3. The summed E-state index contributed by atoms with van der Waals surface area (Å²) < 4.78 is 5.29. The molecule has 1 N–H and O–H groups in total. The van der Waals surface area contributed by atoms with Crippen molar-refractivity contribution >= 4 is 34.9 Å². The Labute approximate surface area is 246 Å². The monoisotopic (exact) mass is 571 g/mol. The average molecular weight is 572 g/mol. The standard InChI is InChI=1S/C34H25N3O6/c1-43-24-15-13-21(14-16-24)30(38)28-29(31(39)22-8-6-9-23(19-22)37(41)42)36-18-17-20-7-2-3-10-25(20)32(36)34(28)26-11-4-5-12-27(26)35-33(34)40/h2-19,28-29,32H,1H3,(H,35,40)/t28-,29+,32-,34-/m1/s1. The SMILES string of the molecule is COc1ccc(C(=O)[C@H]2[C@@H](C(=O)c3cccc([N+](=O)[O-])c3)N3C=Cc4ccccc4[C@@H]3[C@]23C(=O)Nc2ccccc23)cc1. The third-order valence-electron chi connectivity index (χ3n) is 8.84. The number of ketones is 2. The van der Waals surface area contributed by atoms with E-state index in [0.29, 0.717) is 22.6 Å². The molecule has 1 spiro atoms. The largest absolute Gasteiger partial charge is 0.497 e. The minimum Gasteiger partial charge on any atom is -0.497 e. The van der Waals surface area contributed by atoms with E-state index in [1.165, 1.54) is 31.4 Å². The molecule has 0 radical (unpaired) electrons. The average Bonchev–Trinajstić information content (AvgIpc) is 3.52. The van der Waals surface area contributed by atoms with Gasteiger partial charge >= 0.3 is 0 Å². The first-order valence-electron chi connectivity index (χ1n) is 13.8. The molecule has 9 heteroatoms. The van der Waals surface area contributed by atoms with Gasteiger partial charge in [0.1, 0.15) is 17.2 Å². The second-order valence-electron chi connectivity index (χ2n) is 10.9. The number of nitro groups is 1. The molecule has 4 atom stereocenters. The highest BCUT2D eigenvalue weighted by Gasteiger charge is 2.70. The minimum atomic E-state index is -1.49. The summed E-state index contributed by atoms with van der Waals surface area (Å²) in [7, 11) is 1.53. The Hall–Kier alpha value is -5.57. The fourth-order valence-electron chi connectivity index (χ4n) is 7.05. The first-order valence-corrected chi connectivity index (χ1v) is 13.8. The van der Waals surface area contributed by atoms with Crippen LogP contribution >= 0.6 is 0 Å². The summed E-state index contributed by atoms with van der Waals surface area (Å²) in [4.78, 5) is 56.7. The van der Waals surface area contributed by atoms with Gasteiger partial charge in [0, 0.05) is 35.1 Å². The smallest absolute Gasteiger partial charge is 0.270 e. The summed E-state index contributed by atoms with van der Waals surface area (Å²) in [6, 6.07) is 25.1. The number of hydrogen-bond acceptors (Lipinski definition) is 7. The molecule has 0 unspecified atom stereocenters. The zero-order valence-electron chi connectivity index (χ0n) is 23.0. The Morgan fingerprint density at radius 1 is 0.907 bits per heavy atom. The van der Waals surface area contributed by atoms with Gasteiger partial charge in [-0.25, -0.2) is 0 Å². The molecule has 9 nitrogen and oxygen atoms in total. The molecule has 0 aliphatic carbocycles. The van der Waals surface area contributed by atoms with Crippen molar-refractivity contribution in [1.29, 1.82) is 0 Å². The van der Waals surface area contributed by atoms with Crippen molar-refractivity contribution in [3.8, 4) is 5.75 Å². The zero-order valence-corrected chi connectivity index (χ0v) is 23.0. The highest BCUT2D eigenvalue weighted by Crippen LogP contribution is 2.62. The van der Waals surface area contributed by atoms with Gasteiger partial charge in [-0.2, -0.15) is 0 Å². The fourth-order valence-corrected chi connectivity index (χ4v) is 7.05. The first kappa shape index (κ1) is 26.3. The topological polar surface area (TPSA) is 119 Å². The molecule has 3 aliphatic rings. The van der Waals surface area contributed by atoms with Gasteiger partial charge in [0.05, 0.1) is 24.0 Å². The van der Waals surface area contributed by atoms with Crippen LogP contribution in [0.15, 0.2) is 103 Å². The lowest BCUT2D eigenvalue weighted by Crippen LogP contribution is -2.49. The maximum absolute atomic E-state index is 14.8. The van der Waals surface area contributed by atoms with Crippen LogP contribution in [0, 0.1) is 16.0 Å². The molecule has 1 fully saturated rings. The molecule has 1 saturated heterocycles. The maximum atomic E-state index is 14.8. The van der Waals surface area contributed by atoms with Crippen LogP contribution in [0.5, 0.6) is 5.75 Å². The summed E-state index contributed by atoms with van der Waals surface area (Å²) in [5, 5.41) is 14.6. The summed E-state index contributed by atoms with van der Waals surface area (Å²) in [6.07, 6.45) is 3.64. The second-order valence-corrected chi connectivity index (χ2v) is 10.9. The van der Waals surface area contributed by atoms with E-state index in [2.05, 4.69) is 5.32 Å². The third-order valence-corrected chi connectivity index (χ3v) is 8.84. The Balaban J connectivity index is 1.51. The van der Waals surface area contributed by atoms with Gasteiger partial charge in [0.15, 0.2) is 11.6 Å². The van der Waals surface area contributed by atoms with Gasteiger partial charge in [0.2, 0.25) is 5.91 Å². The zero-order chi connectivity index (χ0) is 29.9. The number of anilines is 1. The Morgan fingerprint density at radius 2 is 1.65 bits per heavy atom. The van der Waals surface area contributed by atoms with Crippen molar-refractivity contribution in [2.24, 2.45) is 5.92 Å². The molecule has 0 bridgehead atoms. The quantitative estimate of drug-likeness (QED) is 0.182. The third kappa shape index (κ3) is 3.74. The summed E-state index contributed by atoms with van der Waals surface area (Å²) >= 11 is 0. The van der Waals surface area contributed by atoms with Gasteiger partial charge in [-0.1, -0.05) is 54.6 Å². The van der Waals surface area contributed by atoms with E-state index in [4.69, 9.17) is 4.74 Å². The van der Waals surface area contributed by atoms with Crippen molar-refractivity contribution in [2.75, 3.05) is 12.4 Å². The number of Topliss-reactive ketones (excluding diaryl/α,β-unsaturated/α-hetero) is 2. The Morgan fingerprint density at radius 3 is 2.42 bits per heavy atom. The van der Waals surface area contributed by atoms with Crippen LogP contribution in [0.4, 0.5) is 11.4 Å². The highest BCUT2D eigenvalue weighted by atomic mass is 16.6. The van der Waals surface area contributed by atoms with Crippen molar-refractivity contribution in [3.05, 3.63) is 141 Å². The molecule has 0 saturated carbocycles. The van der Waals surface area contributed by atoms with Gasteiger partial charge in [-0.15, -0.1) is 0 Å². The molecular formula is C34H25N3O6. The van der Waals surface area contributed by atoms with E-state index >= 15 is 0 Å². The number of carbonyl (C=O) groups is 3. The maximum Gasteiger partial charge on any atom is 0.270 e. The highest BCUT2D eigenvalue weighted by molar-refractivity contribution is 6.16. The predicted molar refractivity (Wildman–Crippen MR) is 159 cm³/mol. The number of ether oxygens (including phenoxy) is 1. The summed E-state index contributed by atoms with van der Waals surface area (Å²) in [6.45, 7) is 0. The van der Waals surface area contributed by atoms with Crippen molar-refractivity contribution in [3.63, 3.8) is 0 Å². The molecule has 0 aromatic heterocycles. The number of non-ortho nitro benzene ring substituents is 1. The number of methoxy groups -OCH3 is 1. The molecule has 7 rings (SSSR count). The second kappa shape index (κ2) is 9.77. The molecule has 1 amide bonds. The van der Waals surface area contributed by atoms with Crippen molar-refractivity contribution < 1.29 is 24.0 Å². The van der Waals surface area contributed by atoms with Crippen LogP contribution < -0.4 is 10.1 Å². The van der Waals surface area contributed by atoms with E-state index in [1.54, 1.807) is 41.4 Å². The Kier molecular flexibility index (Phi) is 5.98. The molecular weight excluding hydrogens is 546 g/mol. The van der Waals surface area contributed by atoms with Crippen molar-refractivity contribution in [1.82, 2.24) is 4.90 Å². The Bertz CT molecular complexity index is 1870. The molecule has 212 valence electrons. The first-order chi connectivity index (χ1) is 20.9. The number of nitrogens with zero attached hydrogens (tertiary/aromatic N) is 2. The molecule has 3 heterocycles. The molecule has 3 aliphatic heterocycles. The lowest BCUT2D eigenvalue weighted by Gasteiger charge is -2.38. The number of nitrogens with one attached hydrogen (secondary N) is 1. The normalized spacial score (nSPS) is 22.9. The fraction of sp³-hybridized carbons (Fsp3) is 0.147. The van der Waals surface area contributed by atoms with E-state index < -0.39 is 39.9 Å². The van der Waals surface area contributed by atoms with E-state index in [0.717, 1.165) is 11.1 Å². The number of amides is 1. The van der Waals surface area contributed by atoms with Gasteiger partial charge in [0.25, 0.3) is 5.69 Å². The number of para-hydroxylation sites is 1. The molecule has 4 aromatic rings. The number of benzene rings is 4. The summed E-state index contributed by atoms with van der Waals surface area (Å²) in [5.41, 5.74) is 1.56. The van der Waals surface area contributed by atoms with E-state index in [1.807, 2.05) is 48.5 Å². The number of fused-ring (bicyclic) bond motifs is 6. The van der Waals surface area contributed by atoms with Crippen LogP contribution in [0.3, 0.4) is 0 Å². The molecule has 4 aromatic carbocycles. The van der Waals surface area contributed by atoms with E-state index in [-0.39, 0.29) is 17.2 Å². The van der Waals surface area contributed by atoms with Crippen LogP contribution in [0.1, 0.15) is 43.4 Å². The van der Waals surface area contributed by atoms with Crippen LogP contribution in [0.2, 0.25) is 0 Å².